The van der Waals surface area contributed by atoms with Crippen LogP contribution in [0.5, 0.6) is 0 Å². The van der Waals surface area contributed by atoms with Crippen LogP contribution in [-0.4, -0.2) is 38.1 Å². The molecule has 0 bridgehead atoms. The van der Waals surface area contributed by atoms with Crippen LogP contribution in [0.25, 0.3) is 0 Å². The number of hydrogen-bond donors (Lipinski definition) is 0. The van der Waals surface area contributed by atoms with E-state index in [1.165, 1.54) is 0 Å². The average molecular weight is 142 g/mol. The molecule has 0 unspecified atom stereocenters. The summed E-state index contributed by atoms with van der Waals surface area (Å²) in [6.07, 6.45) is 0. The number of alkyl halides is 1. The Morgan fingerprint density at radius 1 is 1.25 bits per heavy atom. The van der Waals surface area contributed by atoms with Crippen molar-refractivity contribution in [3.8, 4) is 0 Å². The van der Waals surface area contributed by atoms with Gasteiger partial charge in [-0.3, -0.25) is 0 Å². The highest BCUT2D eigenvalue weighted by Crippen LogP contribution is 1.88. The van der Waals surface area contributed by atoms with Crippen molar-refractivity contribution in [1.82, 2.24) is 0 Å². The van der Waals surface area contributed by atoms with Crippen LogP contribution < -0.4 is 4.70 Å². The Hall–Kier alpha value is 0.180. The van der Waals surface area contributed by atoms with Crippen molar-refractivity contribution < 1.29 is 9.19 Å². The predicted octanol–water partition coefficient (Wildman–Crippen LogP) is -2.06. The van der Waals surface area contributed by atoms with Gasteiger partial charge in [0.05, 0.1) is 33.6 Å². The van der Waals surface area contributed by atoms with Gasteiger partial charge in [0.1, 0.15) is 0 Å². The summed E-state index contributed by atoms with van der Waals surface area (Å²) in [7, 11) is 6.38. The fourth-order valence-corrected chi connectivity index (χ4v) is 0.761. The van der Waals surface area contributed by atoms with Crippen LogP contribution in [0.15, 0.2) is 0 Å². The molecule has 0 spiro atoms. The fourth-order valence-electron chi connectivity index (χ4n) is 0.254. The van der Waals surface area contributed by atoms with E-state index in [-0.39, 0.29) is 4.70 Å². The Bertz CT molecular complexity index is 50.9. The molecule has 0 aromatic carbocycles. The van der Waals surface area contributed by atoms with Crippen LogP contribution in [0.4, 0.5) is 0 Å². The largest absolute Gasteiger partial charge is 1.00 e. The number of hydrogen-bond acceptors (Lipinski definition) is 0. The van der Waals surface area contributed by atoms with E-state index in [2.05, 4.69) is 21.1 Å². The Labute approximate surface area is 55.2 Å². The Morgan fingerprint density at radius 2 is 1.62 bits per heavy atom. The average Bonchev–Trinajstić information content (AvgIpc) is 1.30. The van der Waals surface area contributed by atoms with Gasteiger partial charge >= 0.3 is 0 Å². The van der Waals surface area contributed by atoms with Gasteiger partial charge in [-0.25, -0.2) is 0 Å². The Balaban J connectivity index is 0. The molecule has 0 aliphatic carbocycles. The van der Waals surface area contributed by atoms with Gasteiger partial charge in [0.15, 0.2) is 0 Å². The minimum atomic E-state index is 0. The first-order valence-electron chi connectivity index (χ1n) is 2.43. The van der Waals surface area contributed by atoms with Gasteiger partial charge in [0, 0.05) is 0 Å². The van der Waals surface area contributed by atoms with Gasteiger partial charge in [0.25, 0.3) is 0 Å². The van der Waals surface area contributed by atoms with Gasteiger partial charge in [-0.2, -0.15) is 0 Å². The second kappa shape index (κ2) is 4.10. The lowest BCUT2D eigenvalue weighted by atomic mass is 10.6. The summed E-state index contributed by atoms with van der Waals surface area (Å²) in [6.45, 7) is 1.04. The minimum Gasteiger partial charge on any atom is -1.00 e. The van der Waals surface area contributed by atoms with Gasteiger partial charge in [-0.15, -0.1) is 11.6 Å². The molecule has 52 valence electrons. The Morgan fingerprint density at radius 3 is 1.62 bits per heavy atom. The molecule has 1 nitrogen and oxygen atoms in total. The second-order valence-electron chi connectivity index (χ2n) is 2.70. The van der Waals surface area contributed by atoms with Crippen LogP contribution in [0.1, 0.15) is 0 Å². The summed E-state index contributed by atoms with van der Waals surface area (Å²) < 4.78 is 0.962. The van der Waals surface area contributed by atoms with E-state index in [4.69, 9.17) is 11.6 Å². The SMILES string of the molecule is C[N+](C)(C)CCCl.[F-]. The molecule has 0 saturated carbocycles. The molecule has 0 aliphatic heterocycles. The number of nitrogens with zero attached hydrogens (tertiary/aromatic N) is 1. The first-order chi connectivity index (χ1) is 3.06. The standard InChI is InChI=1S/C5H13ClN.FH/c1-7(2,3)5-4-6;/h4-5H2,1-3H3;1H/q+1;/p-1. The van der Waals surface area contributed by atoms with Crippen molar-refractivity contribution in [3.63, 3.8) is 0 Å². The molecule has 0 amide bonds. The lowest BCUT2D eigenvalue weighted by molar-refractivity contribution is -0.867. The molecule has 0 heterocycles. The number of rotatable bonds is 2. The zero-order valence-corrected chi connectivity index (χ0v) is 6.37. The Kier molecular flexibility index (Phi) is 5.66. The molecule has 0 aromatic heterocycles. The summed E-state index contributed by atoms with van der Waals surface area (Å²) in [5.41, 5.74) is 0. The van der Waals surface area contributed by atoms with Crippen LogP contribution in [-0.2, 0) is 0 Å². The summed E-state index contributed by atoms with van der Waals surface area (Å²) in [5, 5.41) is 0. The third kappa shape index (κ3) is 9.49. The molecule has 0 aliphatic rings. The first-order valence-corrected chi connectivity index (χ1v) is 2.96. The molecule has 0 rings (SSSR count). The molecule has 0 radical (unpaired) electrons. The van der Waals surface area contributed by atoms with Gasteiger partial charge in [-0.1, -0.05) is 0 Å². The van der Waals surface area contributed by atoms with Crippen LogP contribution in [0.2, 0.25) is 0 Å². The van der Waals surface area contributed by atoms with Crippen LogP contribution in [0.3, 0.4) is 0 Å². The third-order valence-electron chi connectivity index (χ3n) is 0.755. The zero-order valence-electron chi connectivity index (χ0n) is 5.62. The highest BCUT2D eigenvalue weighted by Gasteiger charge is 2.02. The maximum absolute atomic E-state index is 5.47. The first kappa shape index (κ1) is 11.0. The monoisotopic (exact) mass is 141 g/mol. The number of quaternary nitrogens is 1. The molecule has 0 fully saturated rings. The van der Waals surface area contributed by atoms with E-state index < -0.39 is 0 Å². The third-order valence-corrected chi connectivity index (χ3v) is 0.924. The van der Waals surface area contributed by atoms with Gasteiger partial charge in [-0.05, 0) is 0 Å². The van der Waals surface area contributed by atoms with Crippen LogP contribution in [0, 0.1) is 0 Å². The van der Waals surface area contributed by atoms with E-state index in [9.17, 15) is 0 Å². The highest BCUT2D eigenvalue weighted by atomic mass is 35.5. The van der Waals surface area contributed by atoms with Crippen molar-refractivity contribution in [2.24, 2.45) is 0 Å². The fraction of sp³-hybridized carbons (Fsp3) is 1.00. The summed E-state index contributed by atoms with van der Waals surface area (Å²) >= 11 is 5.47. The lowest BCUT2D eigenvalue weighted by Gasteiger charge is -2.21. The molecule has 0 atom stereocenters. The summed E-state index contributed by atoms with van der Waals surface area (Å²) in [6, 6.07) is 0. The quantitative estimate of drug-likeness (QED) is 0.307. The highest BCUT2D eigenvalue weighted by molar-refractivity contribution is 6.17. The normalized spacial score (nSPS) is 10.5. The summed E-state index contributed by atoms with van der Waals surface area (Å²) in [5.74, 6) is 0.753. The summed E-state index contributed by atoms with van der Waals surface area (Å²) in [4.78, 5) is 0. The lowest BCUT2D eigenvalue weighted by Crippen LogP contribution is -3.00. The van der Waals surface area contributed by atoms with Crippen molar-refractivity contribution >= 4 is 11.6 Å². The van der Waals surface area contributed by atoms with Gasteiger partial charge < -0.3 is 9.19 Å². The minimum absolute atomic E-state index is 0. The van der Waals surface area contributed by atoms with E-state index in [1.807, 2.05) is 0 Å². The second-order valence-corrected chi connectivity index (χ2v) is 3.08. The maximum Gasteiger partial charge on any atom is 0.0918 e. The molecular weight excluding hydrogens is 129 g/mol. The van der Waals surface area contributed by atoms with Crippen LogP contribution >= 0.6 is 11.6 Å². The number of halogens is 2. The molecule has 0 N–H and O–H groups in total. The molecule has 0 aromatic rings. The molecule has 3 heteroatoms. The molecule has 0 saturated heterocycles. The smallest absolute Gasteiger partial charge is 0.0918 e. The van der Waals surface area contributed by atoms with Crippen molar-refractivity contribution in [1.29, 1.82) is 0 Å². The topological polar surface area (TPSA) is 0 Å². The van der Waals surface area contributed by atoms with Crippen molar-refractivity contribution in [2.75, 3.05) is 33.6 Å². The predicted molar refractivity (Wildman–Crippen MR) is 33.6 cm³/mol. The van der Waals surface area contributed by atoms with E-state index in [0.29, 0.717) is 0 Å². The van der Waals surface area contributed by atoms with Gasteiger partial charge in [0.2, 0.25) is 0 Å². The molecular formula is C5H13ClFN. The van der Waals surface area contributed by atoms with E-state index in [1.54, 1.807) is 0 Å². The maximum atomic E-state index is 5.47. The zero-order chi connectivity index (χ0) is 5.91. The van der Waals surface area contributed by atoms with E-state index >= 15 is 0 Å². The van der Waals surface area contributed by atoms with E-state index in [0.717, 1.165) is 16.9 Å². The van der Waals surface area contributed by atoms with Crippen molar-refractivity contribution in [2.45, 2.75) is 0 Å². The van der Waals surface area contributed by atoms with Crippen molar-refractivity contribution in [3.05, 3.63) is 0 Å². The molecule has 8 heavy (non-hydrogen) atoms.